The van der Waals surface area contributed by atoms with E-state index in [4.69, 9.17) is 5.73 Å². The summed E-state index contributed by atoms with van der Waals surface area (Å²) in [4.78, 5) is 23.2. The average Bonchev–Trinajstić information content (AvgIpc) is 2.67. The first kappa shape index (κ1) is 10.5. The standard InChI is InChI=1S/C14H10N2O2/c15-12-9(8-4-2-1-3-5-8)6-7-10-11(12)14(18)16-13(10)17/h1-7H,15H2,(H,16,17,18). The van der Waals surface area contributed by atoms with E-state index in [2.05, 4.69) is 5.32 Å². The van der Waals surface area contributed by atoms with Crippen LogP contribution in [0.1, 0.15) is 20.7 Å². The van der Waals surface area contributed by atoms with Crippen LogP contribution < -0.4 is 11.1 Å². The fourth-order valence-electron chi connectivity index (χ4n) is 2.16. The van der Waals surface area contributed by atoms with Gasteiger partial charge in [0.1, 0.15) is 0 Å². The van der Waals surface area contributed by atoms with Crippen LogP contribution in [0.15, 0.2) is 42.5 Å². The van der Waals surface area contributed by atoms with Crippen molar-refractivity contribution in [3.63, 3.8) is 0 Å². The van der Waals surface area contributed by atoms with Crippen LogP contribution in [0.3, 0.4) is 0 Å². The van der Waals surface area contributed by atoms with Gasteiger partial charge in [0.2, 0.25) is 0 Å². The van der Waals surface area contributed by atoms with Crippen molar-refractivity contribution in [1.82, 2.24) is 5.32 Å². The number of hydrogen-bond donors (Lipinski definition) is 2. The van der Waals surface area contributed by atoms with Gasteiger partial charge in [0.15, 0.2) is 0 Å². The van der Waals surface area contributed by atoms with Crippen LogP contribution in [0.5, 0.6) is 0 Å². The summed E-state index contributed by atoms with van der Waals surface area (Å²) < 4.78 is 0. The Labute approximate surface area is 103 Å². The summed E-state index contributed by atoms with van der Waals surface area (Å²) in [5, 5.41) is 2.24. The van der Waals surface area contributed by atoms with Gasteiger partial charge >= 0.3 is 0 Å². The van der Waals surface area contributed by atoms with Gasteiger partial charge in [0, 0.05) is 5.56 Å². The minimum Gasteiger partial charge on any atom is -0.398 e. The highest BCUT2D eigenvalue weighted by Crippen LogP contribution is 2.32. The summed E-state index contributed by atoms with van der Waals surface area (Å²) in [5.74, 6) is -0.813. The van der Waals surface area contributed by atoms with Crippen molar-refractivity contribution in [2.24, 2.45) is 0 Å². The molecule has 2 aromatic rings. The summed E-state index contributed by atoms with van der Waals surface area (Å²) in [5.41, 5.74) is 8.66. The lowest BCUT2D eigenvalue weighted by molar-refractivity contribution is 0.0880. The largest absolute Gasteiger partial charge is 0.398 e. The van der Waals surface area contributed by atoms with E-state index >= 15 is 0 Å². The summed E-state index contributed by atoms with van der Waals surface area (Å²) in [6.45, 7) is 0. The molecule has 1 aliphatic rings. The van der Waals surface area contributed by atoms with Crippen molar-refractivity contribution in [1.29, 1.82) is 0 Å². The minimum atomic E-state index is -0.426. The van der Waals surface area contributed by atoms with E-state index < -0.39 is 5.91 Å². The fraction of sp³-hybridized carbons (Fsp3) is 0. The molecule has 0 aliphatic carbocycles. The van der Waals surface area contributed by atoms with Gasteiger partial charge in [-0.15, -0.1) is 0 Å². The first-order valence-corrected chi connectivity index (χ1v) is 5.52. The second-order valence-electron chi connectivity index (χ2n) is 4.10. The maximum Gasteiger partial charge on any atom is 0.261 e. The minimum absolute atomic E-state index is 0.279. The van der Waals surface area contributed by atoms with Gasteiger partial charge in [-0.1, -0.05) is 36.4 Å². The third-order valence-corrected chi connectivity index (χ3v) is 3.03. The third kappa shape index (κ3) is 1.39. The number of hydrogen-bond acceptors (Lipinski definition) is 3. The van der Waals surface area contributed by atoms with Gasteiger partial charge in [-0.3, -0.25) is 14.9 Å². The molecule has 0 atom stereocenters. The Morgan fingerprint density at radius 3 is 2.22 bits per heavy atom. The number of anilines is 1. The second kappa shape index (κ2) is 3.70. The van der Waals surface area contributed by atoms with E-state index in [1.54, 1.807) is 12.1 Å². The number of benzene rings is 2. The van der Waals surface area contributed by atoms with Gasteiger partial charge < -0.3 is 5.73 Å². The molecular weight excluding hydrogens is 228 g/mol. The Morgan fingerprint density at radius 2 is 1.50 bits per heavy atom. The van der Waals surface area contributed by atoms with E-state index in [0.29, 0.717) is 11.3 Å². The first-order valence-electron chi connectivity index (χ1n) is 5.52. The van der Waals surface area contributed by atoms with Crippen molar-refractivity contribution in [2.75, 3.05) is 5.73 Å². The molecule has 0 saturated carbocycles. The molecule has 4 heteroatoms. The number of nitrogens with one attached hydrogen (secondary N) is 1. The molecule has 2 amide bonds. The Balaban J connectivity index is 2.24. The maximum absolute atomic E-state index is 11.7. The van der Waals surface area contributed by atoms with Gasteiger partial charge in [-0.2, -0.15) is 0 Å². The molecule has 0 aromatic heterocycles. The smallest absolute Gasteiger partial charge is 0.261 e. The molecule has 0 bridgehead atoms. The SMILES string of the molecule is Nc1c(-c2ccccc2)ccc2c1C(=O)NC2=O. The van der Waals surface area contributed by atoms with Crippen LogP contribution >= 0.6 is 0 Å². The maximum atomic E-state index is 11.7. The van der Waals surface area contributed by atoms with E-state index in [-0.39, 0.29) is 11.5 Å². The topological polar surface area (TPSA) is 72.2 Å². The zero-order valence-corrected chi connectivity index (χ0v) is 9.44. The molecule has 4 nitrogen and oxygen atoms in total. The number of amides is 2. The van der Waals surface area contributed by atoms with Gasteiger partial charge in [0.05, 0.1) is 16.8 Å². The summed E-state index contributed by atoms with van der Waals surface area (Å²) >= 11 is 0. The van der Waals surface area contributed by atoms with Gasteiger partial charge in [-0.25, -0.2) is 0 Å². The number of fused-ring (bicyclic) bond motifs is 1. The molecule has 1 heterocycles. The molecule has 0 radical (unpaired) electrons. The molecule has 0 spiro atoms. The number of nitrogen functional groups attached to an aromatic ring is 1. The lowest BCUT2D eigenvalue weighted by atomic mass is 9.97. The van der Waals surface area contributed by atoms with Crippen LogP contribution in [0.25, 0.3) is 11.1 Å². The lowest BCUT2D eigenvalue weighted by Gasteiger charge is -2.08. The van der Waals surface area contributed by atoms with Crippen LogP contribution in [0.2, 0.25) is 0 Å². The van der Waals surface area contributed by atoms with Crippen LogP contribution in [-0.2, 0) is 0 Å². The van der Waals surface area contributed by atoms with Crippen LogP contribution in [-0.4, -0.2) is 11.8 Å². The van der Waals surface area contributed by atoms with E-state index in [0.717, 1.165) is 11.1 Å². The first-order chi connectivity index (χ1) is 8.68. The Bertz CT molecular complexity index is 663. The summed E-state index contributed by atoms with van der Waals surface area (Å²) in [6, 6.07) is 12.9. The molecule has 0 fully saturated rings. The molecule has 3 N–H and O–H groups in total. The zero-order chi connectivity index (χ0) is 12.7. The predicted molar refractivity (Wildman–Crippen MR) is 68.1 cm³/mol. The molecule has 0 saturated heterocycles. The number of nitrogens with two attached hydrogens (primary N) is 1. The van der Waals surface area contributed by atoms with Crippen LogP contribution in [0.4, 0.5) is 5.69 Å². The van der Waals surface area contributed by atoms with E-state index in [1.807, 2.05) is 30.3 Å². The predicted octanol–water partition coefficient (Wildman–Crippen LogP) is 1.82. The normalized spacial score (nSPS) is 13.3. The van der Waals surface area contributed by atoms with E-state index in [1.165, 1.54) is 0 Å². The monoisotopic (exact) mass is 238 g/mol. The van der Waals surface area contributed by atoms with Gasteiger partial charge in [0.25, 0.3) is 11.8 Å². The Kier molecular flexibility index (Phi) is 2.16. The highest BCUT2D eigenvalue weighted by Gasteiger charge is 2.30. The van der Waals surface area contributed by atoms with Crippen molar-refractivity contribution in [3.8, 4) is 11.1 Å². The highest BCUT2D eigenvalue weighted by atomic mass is 16.2. The summed E-state index contributed by atoms with van der Waals surface area (Å²) in [7, 11) is 0. The van der Waals surface area contributed by atoms with Crippen molar-refractivity contribution in [3.05, 3.63) is 53.6 Å². The Hall–Kier alpha value is -2.62. The lowest BCUT2D eigenvalue weighted by Crippen LogP contribution is -2.20. The number of carbonyl (C=O) groups is 2. The third-order valence-electron chi connectivity index (χ3n) is 3.03. The van der Waals surface area contributed by atoms with Crippen molar-refractivity contribution < 1.29 is 9.59 Å². The fourth-order valence-corrected chi connectivity index (χ4v) is 2.16. The zero-order valence-electron chi connectivity index (χ0n) is 9.44. The highest BCUT2D eigenvalue weighted by molar-refractivity contribution is 6.24. The molecule has 88 valence electrons. The number of imide groups is 1. The van der Waals surface area contributed by atoms with E-state index in [9.17, 15) is 9.59 Å². The summed E-state index contributed by atoms with van der Waals surface area (Å²) in [6.07, 6.45) is 0. The Morgan fingerprint density at radius 1 is 0.833 bits per heavy atom. The molecule has 2 aromatic carbocycles. The number of rotatable bonds is 1. The van der Waals surface area contributed by atoms with Crippen LogP contribution in [0, 0.1) is 0 Å². The molecular formula is C14H10N2O2. The van der Waals surface area contributed by atoms with Gasteiger partial charge in [-0.05, 0) is 11.6 Å². The average molecular weight is 238 g/mol. The quantitative estimate of drug-likeness (QED) is 0.588. The van der Waals surface area contributed by atoms with Crippen molar-refractivity contribution >= 4 is 17.5 Å². The molecule has 3 rings (SSSR count). The number of carbonyl (C=O) groups excluding carboxylic acids is 2. The molecule has 0 unspecified atom stereocenters. The van der Waals surface area contributed by atoms with Crippen molar-refractivity contribution in [2.45, 2.75) is 0 Å². The molecule has 1 aliphatic heterocycles. The molecule has 18 heavy (non-hydrogen) atoms. The second-order valence-corrected chi connectivity index (χ2v) is 4.10.